The van der Waals surface area contributed by atoms with E-state index in [1.54, 1.807) is 0 Å². The summed E-state index contributed by atoms with van der Waals surface area (Å²) in [6.45, 7) is 0. The Morgan fingerprint density at radius 2 is 1.58 bits per heavy atom. The van der Waals surface area contributed by atoms with Gasteiger partial charge in [0.05, 0.1) is 21.1 Å². The normalized spacial score (nSPS) is 14.3. The first-order valence-electron chi connectivity index (χ1n) is 4.03. The molecule has 1 atom stereocenters. The number of benzene rings is 1. The Morgan fingerprint density at radius 3 is 2.00 bits per heavy atom. The number of hydrogen-bond acceptors (Lipinski definition) is 1. The van der Waals surface area contributed by atoms with Gasteiger partial charge in [0.2, 0.25) is 0 Å². The van der Waals surface area contributed by atoms with Gasteiger partial charge in [0, 0.05) is 6.23 Å². The number of nitrogens with zero attached hydrogens (tertiary/aromatic N) is 1. The zero-order chi connectivity index (χ0) is 9.19. The van der Waals surface area contributed by atoms with Crippen molar-refractivity contribution in [1.82, 2.24) is 0 Å². The summed E-state index contributed by atoms with van der Waals surface area (Å²) >= 11 is 0. The van der Waals surface area contributed by atoms with Crippen molar-refractivity contribution in [2.45, 2.75) is 6.23 Å². The molecule has 0 aliphatic rings. The molecule has 0 aromatic heterocycles. The molecule has 0 spiro atoms. The average molecular weight is 165 g/mol. The molecule has 66 valence electrons. The van der Waals surface area contributed by atoms with Crippen molar-refractivity contribution >= 4 is 0 Å². The highest BCUT2D eigenvalue weighted by atomic mass is 16.3. The quantitative estimate of drug-likeness (QED) is 0.468. The van der Waals surface area contributed by atoms with Crippen LogP contribution in [0.4, 0.5) is 0 Å². The van der Waals surface area contributed by atoms with E-state index in [1.165, 1.54) is 0 Å². The lowest BCUT2D eigenvalue weighted by atomic mass is 10.2. The summed E-state index contributed by atoms with van der Waals surface area (Å²) in [6, 6.07) is 9.47. The first kappa shape index (κ1) is 9.23. The van der Waals surface area contributed by atoms with Crippen molar-refractivity contribution in [2.24, 2.45) is 0 Å². The van der Waals surface area contributed by atoms with E-state index in [4.69, 9.17) is 0 Å². The minimum Gasteiger partial charge on any atom is -0.802 e. The summed E-state index contributed by atoms with van der Waals surface area (Å²) in [6.07, 6.45) is -0.689. The molecule has 1 unspecified atom stereocenters. The molecule has 0 bridgehead atoms. The summed E-state index contributed by atoms with van der Waals surface area (Å²) in [5, 5.41) is 11.7. The van der Waals surface area contributed by atoms with Crippen molar-refractivity contribution in [3.63, 3.8) is 0 Å². The smallest absolute Gasteiger partial charge is 0.0671 e. The minimum atomic E-state index is -0.689. The third kappa shape index (κ3) is 2.06. The van der Waals surface area contributed by atoms with Crippen LogP contribution in [-0.2, 0) is 0 Å². The van der Waals surface area contributed by atoms with Gasteiger partial charge in [-0.05, 0) is 5.56 Å². The molecule has 0 saturated carbocycles. The molecule has 12 heavy (non-hydrogen) atoms. The number of rotatable bonds is 2. The summed E-state index contributed by atoms with van der Waals surface area (Å²) in [4.78, 5) is 0. The maximum Gasteiger partial charge on any atom is 0.0671 e. The summed E-state index contributed by atoms with van der Waals surface area (Å²) < 4.78 is 0.421. The predicted octanol–water partition coefficient (Wildman–Crippen LogP) is 0.752. The van der Waals surface area contributed by atoms with E-state index in [-0.39, 0.29) is 0 Å². The van der Waals surface area contributed by atoms with Crippen molar-refractivity contribution in [3.8, 4) is 0 Å². The van der Waals surface area contributed by atoms with Crippen LogP contribution in [0.25, 0.3) is 0 Å². The van der Waals surface area contributed by atoms with E-state index < -0.39 is 6.23 Å². The van der Waals surface area contributed by atoms with Gasteiger partial charge in [0.1, 0.15) is 0 Å². The second kappa shape index (κ2) is 3.25. The highest BCUT2D eigenvalue weighted by Gasteiger charge is 2.13. The molecule has 0 aliphatic heterocycles. The summed E-state index contributed by atoms with van der Waals surface area (Å²) in [7, 11) is 5.72. The highest BCUT2D eigenvalue weighted by Crippen LogP contribution is 2.15. The van der Waals surface area contributed by atoms with Gasteiger partial charge in [-0.1, -0.05) is 30.3 Å². The Labute approximate surface area is 73.7 Å². The first-order valence-corrected chi connectivity index (χ1v) is 4.03. The summed E-state index contributed by atoms with van der Waals surface area (Å²) in [5.41, 5.74) is 0.852. The van der Waals surface area contributed by atoms with Gasteiger partial charge < -0.3 is 9.59 Å². The third-order valence-electron chi connectivity index (χ3n) is 1.79. The molecule has 0 aliphatic carbocycles. The Hall–Kier alpha value is -0.860. The van der Waals surface area contributed by atoms with Crippen LogP contribution in [0.1, 0.15) is 11.8 Å². The summed E-state index contributed by atoms with van der Waals surface area (Å²) in [5.74, 6) is 0. The molecule has 0 amide bonds. The predicted molar refractivity (Wildman–Crippen MR) is 47.2 cm³/mol. The molecule has 2 heteroatoms. The van der Waals surface area contributed by atoms with Crippen LogP contribution < -0.4 is 5.11 Å². The van der Waals surface area contributed by atoms with Crippen LogP contribution >= 0.6 is 0 Å². The zero-order valence-electron chi connectivity index (χ0n) is 7.82. The third-order valence-corrected chi connectivity index (χ3v) is 1.79. The standard InChI is InChI=1S/C10H15NO/c1-11(2,3)10(12)9-7-5-4-6-8-9/h4-8,10H,1-3H3. The van der Waals surface area contributed by atoms with Crippen LogP contribution in [-0.4, -0.2) is 25.6 Å². The maximum absolute atomic E-state index is 11.7. The fraction of sp³-hybridized carbons (Fsp3) is 0.400. The van der Waals surface area contributed by atoms with E-state index in [9.17, 15) is 5.11 Å². The van der Waals surface area contributed by atoms with E-state index in [0.29, 0.717) is 4.48 Å². The zero-order valence-corrected chi connectivity index (χ0v) is 7.82. The monoisotopic (exact) mass is 165 g/mol. The maximum atomic E-state index is 11.7. The van der Waals surface area contributed by atoms with Crippen molar-refractivity contribution < 1.29 is 9.59 Å². The Kier molecular flexibility index (Phi) is 2.50. The molecule has 0 N–H and O–H groups in total. The van der Waals surface area contributed by atoms with Gasteiger partial charge in [-0.3, -0.25) is 0 Å². The van der Waals surface area contributed by atoms with Crippen LogP contribution in [0.3, 0.4) is 0 Å². The molecule has 1 aromatic carbocycles. The topological polar surface area (TPSA) is 23.1 Å². The molecule has 1 aromatic rings. The van der Waals surface area contributed by atoms with Gasteiger partial charge in [-0.15, -0.1) is 0 Å². The molecule has 0 heterocycles. The number of quaternary nitrogens is 1. The molecular weight excluding hydrogens is 150 g/mol. The average Bonchev–Trinajstić information content (AvgIpc) is 2.03. The van der Waals surface area contributed by atoms with Crippen molar-refractivity contribution in [3.05, 3.63) is 35.9 Å². The van der Waals surface area contributed by atoms with Crippen molar-refractivity contribution in [2.75, 3.05) is 21.1 Å². The molecular formula is C10H15NO. The van der Waals surface area contributed by atoms with Crippen molar-refractivity contribution in [1.29, 1.82) is 0 Å². The minimum absolute atomic E-state index is 0.421. The SMILES string of the molecule is C[N+](C)(C)C([O-])c1ccccc1. The molecule has 0 fully saturated rings. The van der Waals surface area contributed by atoms with Gasteiger partial charge in [-0.25, -0.2) is 0 Å². The second-order valence-corrected chi connectivity index (χ2v) is 3.88. The molecule has 1 rings (SSSR count). The molecule has 2 nitrogen and oxygen atoms in total. The number of hydrogen-bond donors (Lipinski definition) is 0. The molecule has 0 radical (unpaired) electrons. The van der Waals surface area contributed by atoms with Gasteiger partial charge in [0.25, 0.3) is 0 Å². The van der Waals surface area contributed by atoms with Crippen LogP contribution in [0, 0.1) is 0 Å². The lowest BCUT2D eigenvalue weighted by Crippen LogP contribution is -2.45. The van der Waals surface area contributed by atoms with Crippen LogP contribution in [0.2, 0.25) is 0 Å². The van der Waals surface area contributed by atoms with Crippen LogP contribution in [0.5, 0.6) is 0 Å². The molecule has 0 saturated heterocycles. The lowest BCUT2D eigenvalue weighted by Gasteiger charge is -2.38. The first-order chi connectivity index (χ1) is 5.52. The largest absolute Gasteiger partial charge is 0.802 e. The van der Waals surface area contributed by atoms with E-state index >= 15 is 0 Å². The van der Waals surface area contributed by atoms with Gasteiger partial charge >= 0.3 is 0 Å². The highest BCUT2D eigenvalue weighted by molar-refractivity contribution is 5.15. The Balaban J connectivity index is 2.86. The van der Waals surface area contributed by atoms with Gasteiger partial charge in [-0.2, -0.15) is 0 Å². The van der Waals surface area contributed by atoms with E-state index in [0.717, 1.165) is 5.56 Å². The fourth-order valence-electron chi connectivity index (χ4n) is 1.06. The van der Waals surface area contributed by atoms with Crippen LogP contribution in [0.15, 0.2) is 30.3 Å². The van der Waals surface area contributed by atoms with E-state index in [1.807, 2.05) is 51.5 Å². The Morgan fingerprint density at radius 1 is 1.08 bits per heavy atom. The van der Waals surface area contributed by atoms with E-state index in [2.05, 4.69) is 0 Å². The fourth-order valence-corrected chi connectivity index (χ4v) is 1.06. The second-order valence-electron chi connectivity index (χ2n) is 3.88. The lowest BCUT2D eigenvalue weighted by molar-refractivity contribution is -0.978. The van der Waals surface area contributed by atoms with Gasteiger partial charge in [0.15, 0.2) is 0 Å². The Bertz CT molecular complexity index is 238.